The van der Waals surface area contributed by atoms with E-state index in [9.17, 15) is 10.1 Å². The fraction of sp³-hybridized carbons (Fsp3) is 0.0741. The van der Waals surface area contributed by atoms with Gasteiger partial charge in [0, 0.05) is 16.1 Å². The second kappa shape index (κ2) is 9.01. The van der Waals surface area contributed by atoms with Crippen LogP contribution in [0.3, 0.4) is 0 Å². The van der Waals surface area contributed by atoms with Crippen molar-refractivity contribution in [1.29, 1.82) is 5.26 Å². The van der Waals surface area contributed by atoms with Gasteiger partial charge in [0.15, 0.2) is 0 Å². The van der Waals surface area contributed by atoms with Crippen LogP contribution in [-0.4, -0.2) is 16.2 Å². The van der Waals surface area contributed by atoms with Gasteiger partial charge in [-0.2, -0.15) is 5.26 Å². The molecule has 8 heteroatoms. The summed E-state index contributed by atoms with van der Waals surface area (Å²) in [5, 5.41) is 17.9. The molecule has 1 unspecified atom stereocenters. The lowest BCUT2D eigenvalue weighted by Crippen LogP contribution is -2.22. The monoisotopic (exact) mass is 482 g/mol. The van der Waals surface area contributed by atoms with Crippen molar-refractivity contribution >= 4 is 17.6 Å². The molecule has 1 aliphatic heterocycles. The van der Waals surface area contributed by atoms with Gasteiger partial charge < -0.3 is 15.2 Å². The average molecular weight is 483 g/mol. The highest BCUT2D eigenvalue weighted by molar-refractivity contribution is 6.30. The lowest BCUT2D eigenvalue weighted by atomic mass is 9.82. The lowest BCUT2D eigenvalue weighted by molar-refractivity contribution is 0.0733. The summed E-state index contributed by atoms with van der Waals surface area (Å²) in [4.78, 5) is 12.9. The third-order valence-corrected chi connectivity index (χ3v) is 6.04. The van der Waals surface area contributed by atoms with Crippen LogP contribution in [0.25, 0.3) is 11.3 Å². The predicted molar refractivity (Wildman–Crippen MR) is 131 cm³/mol. The normalized spacial score (nSPS) is 14.6. The summed E-state index contributed by atoms with van der Waals surface area (Å²) in [7, 11) is 0. The number of rotatable bonds is 4. The van der Waals surface area contributed by atoms with Gasteiger partial charge in [0.05, 0.1) is 22.7 Å². The van der Waals surface area contributed by atoms with E-state index in [1.807, 2.05) is 31.2 Å². The van der Waals surface area contributed by atoms with E-state index in [2.05, 4.69) is 16.3 Å². The van der Waals surface area contributed by atoms with Gasteiger partial charge in [-0.25, -0.2) is 4.79 Å². The number of aromatic nitrogens is 2. The molecule has 35 heavy (non-hydrogen) atoms. The van der Waals surface area contributed by atoms with Crippen molar-refractivity contribution in [3.63, 3.8) is 0 Å². The lowest BCUT2D eigenvalue weighted by Gasteiger charge is -2.25. The van der Waals surface area contributed by atoms with Crippen molar-refractivity contribution in [2.24, 2.45) is 5.73 Å². The molecule has 0 bridgehead atoms. The zero-order valence-corrected chi connectivity index (χ0v) is 19.3. The zero-order chi connectivity index (χ0) is 24.5. The fourth-order valence-corrected chi connectivity index (χ4v) is 4.18. The van der Waals surface area contributed by atoms with E-state index in [4.69, 9.17) is 26.8 Å². The Hall–Kier alpha value is -4.54. The molecule has 172 valence electrons. The summed E-state index contributed by atoms with van der Waals surface area (Å²) in [6, 6.07) is 23.5. The molecule has 0 saturated heterocycles. The van der Waals surface area contributed by atoms with E-state index in [1.165, 1.54) is 0 Å². The molecule has 3 N–H and O–H groups in total. The number of benzene rings is 3. The Balaban J connectivity index is 1.63. The van der Waals surface area contributed by atoms with Crippen molar-refractivity contribution in [2.45, 2.75) is 12.8 Å². The summed E-state index contributed by atoms with van der Waals surface area (Å²) in [6.07, 6.45) is 0. The largest absolute Gasteiger partial charge is 0.423 e. The molecular formula is C27H19ClN4O3. The number of ether oxygens (including phenoxy) is 2. The maximum atomic E-state index is 12.9. The molecule has 0 spiro atoms. The molecule has 0 amide bonds. The molecule has 2 heterocycles. The number of allylic oxidation sites excluding steroid dienone is 1. The Morgan fingerprint density at radius 1 is 1.11 bits per heavy atom. The second-order valence-electron chi connectivity index (χ2n) is 8.04. The number of nitriles is 1. The van der Waals surface area contributed by atoms with Gasteiger partial charge in [0.25, 0.3) is 0 Å². The van der Waals surface area contributed by atoms with Crippen LogP contribution in [0.2, 0.25) is 5.02 Å². The number of fused-ring (bicyclic) bond motifs is 1. The van der Waals surface area contributed by atoms with E-state index in [-0.39, 0.29) is 17.3 Å². The molecule has 0 aliphatic carbocycles. The minimum absolute atomic E-state index is 0.0502. The van der Waals surface area contributed by atoms with Gasteiger partial charge in [-0.1, -0.05) is 59.6 Å². The number of aromatic amines is 1. The highest BCUT2D eigenvalue weighted by Gasteiger charge is 2.37. The molecule has 0 fully saturated rings. The Kier molecular flexibility index (Phi) is 5.73. The number of para-hydroxylation sites is 1. The first kappa shape index (κ1) is 22.3. The highest BCUT2D eigenvalue weighted by Crippen LogP contribution is 2.47. The molecule has 5 rings (SSSR count). The number of nitrogens with zero attached hydrogens (tertiary/aromatic N) is 2. The van der Waals surface area contributed by atoms with Gasteiger partial charge in [0.1, 0.15) is 17.4 Å². The quantitative estimate of drug-likeness (QED) is 0.294. The van der Waals surface area contributed by atoms with Crippen LogP contribution in [0.5, 0.6) is 11.6 Å². The van der Waals surface area contributed by atoms with E-state index >= 15 is 0 Å². The maximum absolute atomic E-state index is 12.9. The Morgan fingerprint density at radius 3 is 2.54 bits per heavy atom. The van der Waals surface area contributed by atoms with Crippen LogP contribution in [0.4, 0.5) is 0 Å². The van der Waals surface area contributed by atoms with Gasteiger partial charge >= 0.3 is 5.97 Å². The van der Waals surface area contributed by atoms with Crippen LogP contribution >= 0.6 is 11.6 Å². The standard InChI is InChI=1S/C27H19ClN4O3/c1-15-6-8-16(9-7-15)24-23-22(20(14-29)25(30)35-26(23)32-31-24)19-4-2-3-5-21(19)34-27(33)17-10-12-18(28)13-11-17/h2-13,22H,30H2,1H3,(H,31,32). The molecule has 1 aromatic heterocycles. The predicted octanol–water partition coefficient (Wildman–Crippen LogP) is 5.48. The van der Waals surface area contributed by atoms with Crippen molar-refractivity contribution < 1.29 is 14.3 Å². The number of nitrogens with two attached hydrogens (primary N) is 1. The summed E-state index contributed by atoms with van der Waals surface area (Å²) < 4.78 is 11.5. The SMILES string of the molecule is Cc1ccc(-c2[nH]nc3c2C(c2ccccc2OC(=O)c2ccc(Cl)cc2)C(C#N)=C(N)O3)cc1. The molecule has 3 aromatic carbocycles. The average Bonchev–Trinajstić information content (AvgIpc) is 3.27. The number of H-pyrrole nitrogens is 1. The second-order valence-corrected chi connectivity index (χ2v) is 8.48. The van der Waals surface area contributed by atoms with Crippen LogP contribution in [0, 0.1) is 18.3 Å². The first-order valence-corrected chi connectivity index (χ1v) is 11.1. The number of nitrogens with one attached hydrogen (secondary N) is 1. The summed E-state index contributed by atoms with van der Waals surface area (Å²) >= 11 is 5.94. The first-order chi connectivity index (χ1) is 17.0. The van der Waals surface area contributed by atoms with E-state index in [1.54, 1.807) is 48.5 Å². The Bertz CT molecular complexity index is 1500. The van der Waals surface area contributed by atoms with Crippen LogP contribution in [0.15, 0.2) is 84.3 Å². The zero-order valence-electron chi connectivity index (χ0n) is 18.6. The number of carbonyl (C=O) groups is 1. The third kappa shape index (κ3) is 4.12. The fourth-order valence-electron chi connectivity index (χ4n) is 4.05. The smallest absolute Gasteiger partial charge is 0.343 e. The molecule has 1 atom stereocenters. The number of hydrogen-bond donors (Lipinski definition) is 2. The highest BCUT2D eigenvalue weighted by atomic mass is 35.5. The van der Waals surface area contributed by atoms with E-state index in [0.29, 0.717) is 33.2 Å². The minimum atomic E-state index is -0.673. The first-order valence-electron chi connectivity index (χ1n) is 10.8. The minimum Gasteiger partial charge on any atom is -0.423 e. The number of carbonyl (C=O) groups excluding carboxylic acids is 1. The topological polar surface area (TPSA) is 114 Å². The van der Waals surface area contributed by atoms with Crippen molar-refractivity contribution in [2.75, 3.05) is 0 Å². The van der Waals surface area contributed by atoms with Crippen molar-refractivity contribution in [1.82, 2.24) is 10.2 Å². The van der Waals surface area contributed by atoms with Crippen LogP contribution < -0.4 is 15.2 Å². The van der Waals surface area contributed by atoms with Gasteiger partial charge in [-0.3, -0.25) is 5.10 Å². The van der Waals surface area contributed by atoms with Gasteiger partial charge in [0.2, 0.25) is 11.8 Å². The Morgan fingerprint density at radius 2 is 1.83 bits per heavy atom. The van der Waals surface area contributed by atoms with Crippen LogP contribution in [-0.2, 0) is 0 Å². The van der Waals surface area contributed by atoms with Crippen molar-refractivity contribution in [3.8, 4) is 29.0 Å². The molecular weight excluding hydrogens is 464 g/mol. The van der Waals surface area contributed by atoms with E-state index in [0.717, 1.165) is 11.1 Å². The molecule has 4 aromatic rings. The number of aryl methyl sites for hydroxylation is 1. The molecule has 1 aliphatic rings. The third-order valence-electron chi connectivity index (χ3n) is 5.79. The van der Waals surface area contributed by atoms with Gasteiger partial charge in [-0.05, 0) is 37.3 Å². The summed E-state index contributed by atoms with van der Waals surface area (Å²) in [6.45, 7) is 2.00. The van der Waals surface area contributed by atoms with E-state index < -0.39 is 11.9 Å². The number of hydrogen-bond acceptors (Lipinski definition) is 6. The van der Waals surface area contributed by atoms with Crippen molar-refractivity contribution in [3.05, 3.63) is 112 Å². The maximum Gasteiger partial charge on any atom is 0.343 e. The number of halogens is 1. The molecule has 0 saturated carbocycles. The summed E-state index contributed by atoms with van der Waals surface area (Å²) in [5.41, 5.74) is 10.5. The molecule has 7 nitrogen and oxygen atoms in total. The number of esters is 1. The van der Waals surface area contributed by atoms with Crippen LogP contribution in [0.1, 0.15) is 33.0 Å². The Labute approximate surface area is 206 Å². The molecule has 0 radical (unpaired) electrons. The summed E-state index contributed by atoms with van der Waals surface area (Å²) in [5.74, 6) is -0.718. The van der Waals surface area contributed by atoms with Gasteiger partial charge in [-0.15, -0.1) is 5.10 Å².